The fraction of sp³-hybridized carbons (Fsp3) is 0.450. The molecule has 0 bridgehead atoms. The molecule has 1 aromatic rings. The van der Waals surface area contributed by atoms with Gasteiger partial charge in [0.15, 0.2) is 0 Å². The molecule has 0 atom stereocenters. The average Bonchev–Trinajstić information content (AvgIpc) is 2.98. The SMILES string of the molecule is COCCCN1C(=O)c2ccc(C(=O)N3CCN(C(=O)CC#N)CC3)cc2C1=O. The van der Waals surface area contributed by atoms with Gasteiger partial charge in [0.2, 0.25) is 5.91 Å². The van der Waals surface area contributed by atoms with E-state index in [1.54, 1.807) is 23.0 Å². The maximum atomic E-state index is 12.8. The van der Waals surface area contributed by atoms with Gasteiger partial charge in [-0.05, 0) is 24.6 Å². The molecule has 2 heterocycles. The normalized spacial score (nSPS) is 16.1. The molecular weight excluding hydrogens is 376 g/mol. The lowest BCUT2D eigenvalue weighted by Crippen LogP contribution is -2.50. The largest absolute Gasteiger partial charge is 0.385 e. The Hall–Kier alpha value is -3.25. The maximum Gasteiger partial charge on any atom is 0.261 e. The molecule has 4 amide bonds. The number of benzene rings is 1. The molecule has 0 spiro atoms. The predicted molar refractivity (Wildman–Crippen MR) is 101 cm³/mol. The average molecular weight is 398 g/mol. The van der Waals surface area contributed by atoms with Crippen LogP contribution in [0.3, 0.4) is 0 Å². The molecule has 29 heavy (non-hydrogen) atoms. The molecule has 0 saturated carbocycles. The second-order valence-corrected chi connectivity index (χ2v) is 6.88. The highest BCUT2D eigenvalue weighted by Gasteiger charge is 2.36. The molecule has 1 fully saturated rings. The summed E-state index contributed by atoms with van der Waals surface area (Å²) in [5, 5.41) is 8.63. The Morgan fingerprint density at radius 2 is 1.72 bits per heavy atom. The first kappa shape index (κ1) is 20.5. The second-order valence-electron chi connectivity index (χ2n) is 6.88. The monoisotopic (exact) mass is 398 g/mol. The molecular formula is C20H22N4O5. The van der Waals surface area contributed by atoms with E-state index in [-0.39, 0.29) is 36.3 Å². The van der Waals surface area contributed by atoms with Gasteiger partial charge in [-0.1, -0.05) is 0 Å². The molecule has 0 N–H and O–H groups in total. The molecule has 0 aromatic heterocycles. The minimum Gasteiger partial charge on any atom is -0.385 e. The molecule has 2 aliphatic heterocycles. The van der Waals surface area contributed by atoms with Gasteiger partial charge < -0.3 is 14.5 Å². The van der Waals surface area contributed by atoms with Crippen LogP contribution >= 0.6 is 0 Å². The lowest BCUT2D eigenvalue weighted by molar-refractivity contribution is -0.131. The van der Waals surface area contributed by atoms with Crippen molar-refractivity contribution < 1.29 is 23.9 Å². The van der Waals surface area contributed by atoms with Crippen LogP contribution in [0.25, 0.3) is 0 Å². The predicted octanol–water partition coefficient (Wildman–Crippen LogP) is 0.517. The molecule has 1 aromatic carbocycles. The van der Waals surface area contributed by atoms with E-state index in [1.807, 2.05) is 6.07 Å². The van der Waals surface area contributed by atoms with Gasteiger partial charge in [-0.25, -0.2) is 0 Å². The summed E-state index contributed by atoms with van der Waals surface area (Å²) in [6, 6.07) is 6.38. The van der Waals surface area contributed by atoms with Crippen molar-refractivity contribution in [3.05, 3.63) is 34.9 Å². The van der Waals surface area contributed by atoms with Crippen molar-refractivity contribution in [1.82, 2.24) is 14.7 Å². The minimum atomic E-state index is -0.400. The smallest absolute Gasteiger partial charge is 0.261 e. The highest BCUT2D eigenvalue weighted by Crippen LogP contribution is 2.25. The number of fused-ring (bicyclic) bond motifs is 1. The van der Waals surface area contributed by atoms with E-state index in [4.69, 9.17) is 10.00 Å². The zero-order valence-electron chi connectivity index (χ0n) is 16.2. The molecule has 1 saturated heterocycles. The molecule has 0 aliphatic carbocycles. The lowest BCUT2D eigenvalue weighted by atomic mass is 10.0. The van der Waals surface area contributed by atoms with Gasteiger partial charge in [-0.15, -0.1) is 0 Å². The quantitative estimate of drug-likeness (QED) is 0.510. The van der Waals surface area contributed by atoms with Gasteiger partial charge in [-0.2, -0.15) is 5.26 Å². The molecule has 0 unspecified atom stereocenters. The second kappa shape index (κ2) is 8.84. The van der Waals surface area contributed by atoms with Crippen LogP contribution in [0.1, 0.15) is 43.9 Å². The summed E-state index contributed by atoms with van der Waals surface area (Å²) in [6.07, 6.45) is 0.373. The van der Waals surface area contributed by atoms with E-state index in [9.17, 15) is 19.2 Å². The molecule has 152 valence electrons. The van der Waals surface area contributed by atoms with Gasteiger partial charge in [0.1, 0.15) is 6.42 Å². The summed E-state index contributed by atoms with van der Waals surface area (Å²) in [5.74, 6) is -1.25. The van der Waals surface area contributed by atoms with Crippen molar-refractivity contribution in [2.24, 2.45) is 0 Å². The van der Waals surface area contributed by atoms with Crippen LogP contribution in [0.2, 0.25) is 0 Å². The van der Waals surface area contributed by atoms with Gasteiger partial charge in [0.25, 0.3) is 17.7 Å². The summed E-state index contributed by atoms with van der Waals surface area (Å²) in [6.45, 7) is 2.14. The number of carbonyl (C=O) groups is 4. The van der Waals surface area contributed by atoms with Crippen molar-refractivity contribution in [3.63, 3.8) is 0 Å². The molecule has 3 rings (SSSR count). The van der Waals surface area contributed by atoms with Crippen molar-refractivity contribution in [3.8, 4) is 6.07 Å². The Labute approximate surface area is 168 Å². The van der Waals surface area contributed by atoms with E-state index in [0.717, 1.165) is 0 Å². The number of hydrogen-bond donors (Lipinski definition) is 0. The fourth-order valence-electron chi connectivity index (χ4n) is 3.51. The highest BCUT2D eigenvalue weighted by atomic mass is 16.5. The summed E-state index contributed by atoms with van der Waals surface area (Å²) in [7, 11) is 1.56. The number of nitrogens with zero attached hydrogens (tertiary/aromatic N) is 4. The zero-order valence-corrected chi connectivity index (χ0v) is 16.2. The standard InChI is InChI=1S/C20H22N4O5/c1-29-12-2-7-24-19(27)15-4-3-14(13-16(15)20(24)28)18(26)23-10-8-22(9-11-23)17(25)5-6-21/h3-4,13H,2,5,7-12H2,1H3. The molecule has 0 radical (unpaired) electrons. The number of imide groups is 1. The number of rotatable bonds is 6. The van der Waals surface area contributed by atoms with E-state index < -0.39 is 5.91 Å². The number of ether oxygens (including phenoxy) is 1. The number of nitriles is 1. The van der Waals surface area contributed by atoms with Crippen LogP contribution in [-0.2, 0) is 9.53 Å². The van der Waals surface area contributed by atoms with E-state index in [1.165, 1.54) is 17.0 Å². The van der Waals surface area contributed by atoms with Crippen molar-refractivity contribution in [2.45, 2.75) is 12.8 Å². The Balaban J connectivity index is 1.68. The van der Waals surface area contributed by atoms with Crippen LogP contribution in [0, 0.1) is 11.3 Å². The van der Waals surface area contributed by atoms with E-state index in [2.05, 4.69) is 0 Å². The number of methoxy groups -OCH3 is 1. The van der Waals surface area contributed by atoms with Gasteiger partial charge in [0.05, 0.1) is 17.2 Å². The number of hydrogen-bond acceptors (Lipinski definition) is 6. The van der Waals surface area contributed by atoms with Gasteiger partial charge in [-0.3, -0.25) is 24.1 Å². The van der Waals surface area contributed by atoms with Crippen molar-refractivity contribution in [2.75, 3.05) is 46.4 Å². The molecule has 2 aliphatic rings. The first-order valence-electron chi connectivity index (χ1n) is 9.41. The first-order chi connectivity index (χ1) is 14.0. The summed E-state index contributed by atoms with van der Waals surface area (Å²) < 4.78 is 4.96. The van der Waals surface area contributed by atoms with E-state index in [0.29, 0.717) is 50.3 Å². The third-order valence-corrected chi connectivity index (χ3v) is 5.10. The fourth-order valence-corrected chi connectivity index (χ4v) is 3.51. The first-order valence-corrected chi connectivity index (χ1v) is 9.41. The van der Waals surface area contributed by atoms with Gasteiger partial charge in [0, 0.05) is 52.0 Å². The van der Waals surface area contributed by atoms with Crippen LogP contribution in [0.15, 0.2) is 18.2 Å². The number of amides is 4. The van der Waals surface area contributed by atoms with Crippen LogP contribution in [0.4, 0.5) is 0 Å². The zero-order chi connectivity index (χ0) is 21.0. The number of piperazine rings is 1. The van der Waals surface area contributed by atoms with Gasteiger partial charge >= 0.3 is 0 Å². The van der Waals surface area contributed by atoms with Crippen molar-refractivity contribution in [1.29, 1.82) is 5.26 Å². The van der Waals surface area contributed by atoms with Crippen LogP contribution in [-0.4, -0.2) is 84.8 Å². The Morgan fingerprint density at radius 1 is 1.07 bits per heavy atom. The lowest BCUT2D eigenvalue weighted by Gasteiger charge is -2.34. The van der Waals surface area contributed by atoms with Crippen LogP contribution < -0.4 is 0 Å². The van der Waals surface area contributed by atoms with Crippen molar-refractivity contribution >= 4 is 23.6 Å². The Morgan fingerprint density at radius 3 is 2.38 bits per heavy atom. The Bertz CT molecular complexity index is 883. The topological polar surface area (TPSA) is 111 Å². The third-order valence-electron chi connectivity index (χ3n) is 5.10. The minimum absolute atomic E-state index is 0.171. The summed E-state index contributed by atoms with van der Waals surface area (Å²) >= 11 is 0. The highest BCUT2D eigenvalue weighted by molar-refractivity contribution is 6.22. The summed E-state index contributed by atoms with van der Waals surface area (Å²) in [5.41, 5.74) is 0.873. The third kappa shape index (κ3) is 4.12. The molecule has 9 heteroatoms. The molecule has 9 nitrogen and oxygen atoms in total. The van der Waals surface area contributed by atoms with Crippen LogP contribution in [0.5, 0.6) is 0 Å². The Kier molecular flexibility index (Phi) is 6.24. The summed E-state index contributed by atoms with van der Waals surface area (Å²) in [4.78, 5) is 54.0. The van der Waals surface area contributed by atoms with E-state index >= 15 is 0 Å². The number of carbonyl (C=O) groups excluding carboxylic acids is 4. The maximum absolute atomic E-state index is 12.8.